The van der Waals surface area contributed by atoms with Gasteiger partial charge in [0.1, 0.15) is 5.69 Å². The lowest BCUT2D eigenvalue weighted by molar-refractivity contribution is 0.101. The van der Waals surface area contributed by atoms with Gasteiger partial charge in [-0.2, -0.15) is 0 Å². The van der Waals surface area contributed by atoms with Crippen LogP contribution < -0.4 is 5.32 Å². The van der Waals surface area contributed by atoms with Crippen LogP contribution in [0.4, 0.5) is 5.69 Å². The molecule has 4 rings (SSSR count). The number of aryl methyl sites for hydroxylation is 2. The lowest BCUT2D eigenvalue weighted by atomic mass is 10.2. The molecule has 4 aromatic rings. The van der Waals surface area contributed by atoms with Gasteiger partial charge in [0.05, 0.1) is 5.69 Å². The van der Waals surface area contributed by atoms with Gasteiger partial charge in [-0.25, -0.2) is 0 Å². The first-order valence-corrected chi connectivity index (χ1v) is 7.99. The first kappa shape index (κ1) is 15.2. The maximum atomic E-state index is 12.7. The molecule has 1 N–H and O–H groups in total. The van der Waals surface area contributed by atoms with Crippen LogP contribution in [0, 0.1) is 0 Å². The van der Waals surface area contributed by atoms with Gasteiger partial charge in [0.2, 0.25) is 0 Å². The molecule has 0 fully saturated rings. The summed E-state index contributed by atoms with van der Waals surface area (Å²) >= 11 is 0. The second kappa shape index (κ2) is 5.63. The summed E-state index contributed by atoms with van der Waals surface area (Å²) in [4.78, 5) is 23.7. The molecule has 0 saturated heterocycles. The quantitative estimate of drug-likeness (QED) is 0.582. The molecule has 0 atom stereocenters. The molecule has 124 valence electrons. The number of nitrogens with one attached hydrogen (secondary N) is 1. The number of hydrogen-bond donors (Lipinski definition) is 1. The zero-order valence-corrected chi connectivity index (χ0v) is 14.0. The van der Waals surface area contributed by atoms with Crippen molar-refractivity contribution in [1.29, 1.82) is 0 Å². The molecule has 2 aromatic heterocycles. The van der Waals surface area contributed by atoms with E-state index in [1.165, 1.54) is 0 Å². The summed E-state index contributed by atoms with van der Waals surface area (Å²) in [5.74, 6) is -0.162. The van der Waals surface area contributed by atoms with E-state index in [9.17, 15) is 9.59 Å². The summed E-state index contributed by atoms with van der Waals surface area (Å²) in [6.07, 6.45) is 0.827. The van der Waals surface area contributed by atoms with Crippen molar-refractivity contribution in [3.63, 3.8) is 0 Å². The average Bonchev–Trinajstić information content (AvgIpc) is 3.12. The van der Waals surface area contributed by atoms with Crippen molar-refractivity contribution in [2.45, 2.75) is 0 Å². The summed E-state index contributed by atoms with van der Waals surface area (Å²) in [5.41, 5.74) is 3.87. The van der Waals surface area contributed by atoms with Gasteiger partial charge in [-0.05, 0) is 36.4 Å². The number of aldehydes is 1. The third-order valence-corrected chi connectivity index (χ3v) is 4.64. The summed E-state index contributed by atoms with van der Waals surface area (Å²) in [6.45, 7) is 0. The Hall–Kier alpha value is -3.34. The fraction of sp³-hybridized carbons (Fsp3) is 0.100. The number of hydrogen-bond acceptors (Lipinski definition) is 2. The third-order valence-electron chi connectivity index (χ3n) is 4.64. The summed E-state index contributed by atoms with van der Waals surface area (Å²) in [6, 6.07) is 17.2. The number of carbonyl (C=O) groups is 2. The van der Waals surface area contributed by atoms with E-state index in [1.54, 1.807) is 0 Å². The van der Waals surface area contributed by atoms with Crippen molar-refractivity contribution in [2.24, 2.45) is 14.1 Å². The highest BCUT2D eigenvalue weighted by Gasteiger charge is 2.14. The molecule has 2 aromatic carbocycles. The molecule has 2 heterocycles. The van der Waals surface area contributed by atoms with Crippen molar-refractivity contribution in [3.05, 3.63) is 66.0 Å². The van der Waals surface area contributed by atoms with Gasteiger partial charge in [0.15, 0.2) is 6.29 Å². The fourth-order valence-corrected chi connectivity index (χ4v) is 3.26. The van der Waals surface area contributed by atoms with Crippen LogP contribution in [0.15, 0.2) is 54.6 Å². The van der Waals surface area contributed by atoms with Gasteiger partial charge in [0, 0.05) is 41.6 Å². The van der Waals surface area contributed by atoms with E-state index < -0.39 is 0 Å². The van der Waals surface area contributed by atoms with E-state index in [1.807, 2.05) is 77.8 Å². The minimum Gasteiger partial charge on any atom is -0.341 e. The number of anilines is 1. The van der Waals surface area contributed by atoms with Crippen LogP contribution in [0.5, 0.6) is 0 Å². The second-order valence-corrected chi connectivity index (χ2v) is 6.12. The highest BCUT2D eigenvalue weighted by Crippen LogP contribution is 2.23. The molecule has 0 unspecified atom stereocenters. The predicted molar refractivity (Wildman–Crippen MR) is 99.2 cm³/mol. The lowest BCUT2D eigenvalue weighted by Gasteiger charge is -2.07. The molecule has 5 heteroatoms. The van der Waals surface area contributed by atoms with Gasteiger partial charge < -0.3 is 14.5 Å². The lowest BCUT2D eigenvalue weighted by Crippen LogP contribution is -2.15. The van der Waals surface area contributed by atoms with E-state index in [-0.39, 0.29) is 5.91 Å². The van der Waals surface area contributed by atoms with E-state index in [4.69, 9.17) is 0 Å². The number of benzene rings is 2. The number of amides is 1. The molecular formula is C20H17N3O2. The molecule has 0 radical (unpaired) electrons. The van der Waals surface area contributed by atoms with E-state index >= 15 is 0 Å². The number of carbonyl (C=O) groups excluding carboxylic acids is 2. The van der Waals surface area contributed by atoms with Crippen LogP contribution in [0.3, 0.4) is 0 Å². The molecule has 1 amide bonds. The van der Waals surface area contributed by atoms with Crippen LogP contribution in [0.2, 0.25) is 0 Å². The summed E-state index contributed by atoms with van der Waals surface area (Å²) < 4.78 is 3.72. The van der Waals surface area contributed by atoms with Crippen molar-refractivity contribution < 1.29 is 9.59 Å². The fourth-order valence-electron chi connectivity index (χ4n) is 3.26. The maximum Gasteiger partial charge on any atom is 0.272 e. The van der Waals surface area contributed by atoms with Gasteiger partial charge in [-0.3, -0.25) is 9.59 Å². The predicted octanol–water partition coefficient (Wildman–Crippen LogP) is 3.73. The van der Waals surface area contributed by atoms with Crippen LogP contribution >= 0.6 is 0 Å². The molecule has 0 aliphatic carbocycles. The largest absolute Gasteiger partial charge is 0.341 e. The molecular weight excluding hydrogens is 314 g/mol. The Morgan fingerprint density at radius 3 is 2.44 bits per heavy atom. The zero-order chi connectivity index (χ0) is 17.6. The van der Waals surface area contributed by atoms with Crippen LogP contribution in [-0.2, 0) is 14.1 Å². The molecule has 0 aliphatic rings. The molecule has 25 heavy (non-hydrogen) atoms. The van der Waals surface area contributed by atoms with Gasteiger partial charge in [-0.1, -0.05) is 18.2 Å². The molecule has 0 bridgehead atoms. The Balaban J connectivity index is 1.69. The number of fused-ring (bicyclic) bond motifs is 2. The Morgan fingerprint density at radius 2 is 1.68 bits per heavy atom. The molecule has 0 aliphatic heterocycles. The first-order chi connectivity index (χ1) is 12.1. The van der Waals surface area contributed by atoms with Crippen molar-refractivity contribution in [1.82, 2.24) is 9.13 Å². The SMILES string of the molecule is Cn1c(C=O)cc2cc(NC(=O)c3cc4ccccc4n3C)ccc21. The number of aromatic nitrogens is 2. The Labute approximate surface area is 144 Å². The van der Waals surface area contributed by atoms with Crippen LogP contribution in [-0.4, -0.2) is 21.3 Å². The highest BCUT2D eigenvalue weighted by molar-refractivity contribution is 6.07. The number of para-hydroxylation sites is 1. The smallest absolute Gasteiger partial charge is 0.272 e. The van der Waals surface area contributed by atoms with E-state index in [2.05, 4.69) is 5.32 Å². The number of nitrogens with zero attached hydrogens (tertiary/aromatic N) is 2. The Bertz CT molecular complexity index is 1130. The van der Waals surface area contributed by atoms with Gasteiger partial charge >= 0.3 is 0 Å². The van der Waals surface area contributed by atoms with Crippen molar-refractivity contribution in [3.8, 4) is 0 Å². The minimum absolute atomic E-state index is 0.162. The maximum absolute atomic E-state index is 12.7. The monoisotopic (exact) mass is 331 g/mol. The summed E-state index contributed by atoms with van der Waals surface area (Å²) in [7, 11) is 3.73. The topological polar surface area (TPSA) is 56.0 Å². The summed E-state index contributed by atoms with van der Waals surface area (Å²) in [5, 5.41) is 4.89. The van der Waals surface area contributed by atoms with Crippen LogP contribution in [0.25, 0.3) is 21.8 Å². The minimum atomic E-state index is -0.162. The van der Waals surface area contributed by atoms with Crippen LogP contribution in [0.1, 0.15) is 21.0 Å². The normalized spacial score (nSPS) is 11.1. The average molecular weight is 331 g/mol. The zero-order valence-electron chi connectivity index (χ0n) is 14.0. The standard InChI is InChI=1S/C20H17N3O2/c1-22-16(12-24)10-14-9-15(7-8-18(14)22)21-20(25)19-11-13-5-3-4-6-17(13)23(19)2/h3-12H,1-2H3,(H,21,25). The van der Waals surface area contributed by atoms with E-state index in [0.717, 1.165) is 28.1 Å². The second-order valence-electron chi connectivity index (χ2n) is 6.12. The van der Waals surface area contributed by atoms with Gasteiger partial charge in [-0.15, -0.1) is 0 Å². The van der Waals surface area contributed by atoms with E-state index in [0.29, 0.717) is 17.1 Å². The Kier molecular flexibility index (Phi) is 3.42. The van der Waals surface area contributed by atoms with Gasteiger partial charge in [0.25, 0.3) is 5.91 Å². The van der Waals surface area contributed by atoms with Crippen molar-refractivity contribution >= 4 is 39.7 Å². The third kappa shape index (κ3) is 2.41. The van der Waals surface area contributed by atoms with Crippen molar-refractivity contribution in [2.75, 3.05) is 5.32 Å². The highest BCUT2D eigenvalue weighted by atomic mass is 16.2. The first-order valence-electron chi connectivity index (χ1n) is 7.99. The molecule has 0 saturated carbocycles. The number of rotatable bonds is 3. The Morgan fingerprint density at radius 1 is 0.920 bits per heavy atom. The molecule has 5 nitrogen and oxygen atoms in total. The molecule has 0 spiro atoms.